The molecule has 0 aromatic heterocycles. The summed E-state index contributed by atoms with van der Waals surface area (Å²) in [7, 11) is 0. The summed E-state index contributed by atoms with van der Waals surface area (Å²) in [4.78, 5) is 35.7. The summed E-state index contributed by atoms with van der Waals surface area (Å²) >= 11 is 0. The zero-order valence-corrected chi connectivity index (χ0v) is 20.9. The molecule has 186 valence electrons. The highest BCUT2D eigenvalue weighted by Gasteiger charge is 2.14. The number of carbonyl (C=O) groups excluding carboxylic acids is 3. The highest BCUT2D eigenvalue weighted by molar-refractivity contribution is 6.10. The highest BCUT2D eigenvalue weighted by atomic mass is 16.6. The molecule has 0 bridgehead atoms. The van der Waals surface area contributed by atoms with Gasteiger partial charge in [-0.15, -0.1) is 0 Å². The Morgan fingerprint density at radius 2 is 0.868 bits per heavy atom. The van der Waals surface area contributed by atoms with Gasteiger partial charge in [0.2, 0.25) is 0 Å². The molecule has 0 saturated heterocycles. The van der Waals surface area contributed by atoms with Gasteiger partial charge in [0.1, 0.15) is 0 Å². The Morgan fingerprint density at radius 1 is 0.447 bits per heavy atom. The summed E-state index contributed by atoms with van der Waals surface area (Å²) < 4.78 is 4.74. The fourth-order valence-electron chi connectivity index (χ4n) is 3.78. The van der Waals surface area contributed by atoms with Crippen molar-refractivity contribution in [1.29, 1.82) is 0 Å². The van der Waals surface area contributed by atoms with E-state index in [1.807, 2.05) is 73.7 Å². The molecule has 0 spiro atoms. The van der Waals surface area contributed by atoms with E-state index in [-0.39, 0.29) is 5.78 Å². The van der Waals surface area contributed by atoms with Crippen molar-refractivity contribution in [3.8, 4) is 11.1 Å². The Balaban J connectivity index is 0.000000181. The molecule has 0 atom stereocenters. The number of rotatable bonds is 5. The fourth-order valence-corrected chi connectivity index (χ4v) is 3.78. The van der Waals surface area contributed by atoms with E-state index in [4.69, 9.17) is 4.74 Å². The summed E-state index contributed by atoms with van der Waals surface area (Å²) in [5.41, 5.74) is 5.50. The Hall–Kier alpha value is -5.09. The van der Waals surface area contributed by atoms with Crippen LogP contribution < -0.4 is 0 Å². The van der Waals surface area contributed by atoms with Crippen molar-refractivity contribution in [2.45, 2.75) is 6.92 Å². The molecule has 4 nitrogen and oxygen atoms in total. The van der Waals surface area contributed by atoms with Crippen molar-refractivity contribution >= 4 is 17.7 Å². The van der Waals surface area contributed by atoms with Gasteiger partial charge in [-0.3, -0.25) is 4.79 Å². The zero-order chi connectivity index (χ0) is 26.7. The minimum absolute atomic E-state index is 0.0766. The van der Waals surface area contributed by atoms with E-state index in [0.29, 0.717) is 11.1 Å². The summed E-state index contributed by atoms with van der Waals surface area (Å²) in [6, 6.07) is 42.5. The molecule has 0 fully saturated rings. The van der Waals surface area contributed by atoms with E-state index in [9.17, 15) is 14.4 Å². The van der Waals surface area contributed by atoms with Crippen molar-refractivity contribution in [1.82, 2.24) is 0 Å². The molecule has 0 aliphatic carbocycles. The van der Waals surface area contributed by atoms with Gasteiger partial charge in [-0.2, -0.15) is 0 Å². The van der Waals surface area contributed by atoms with Crippen LogP contribution in [-0.2, 0) is 4.74 Å². The monoisotopic (exact) mass is 498 g/mol. The number of benzene rings is 5. The first-order valence-corrected chi connectivity index (χ1v) is 12.2. The molecule has 38 heavy (non-hydrogen) atoms. The van der Waals surface area contributed by atoms with Gasteiger partial charge < -0.3 is 4.74 Å². The van der Waals surface area contributed by atoms with Gasteiger partial charge in [0.15, 0.2) is 5.78 Å². The number of esters is 2. The van der Waals surface area contributed by atoms with Gasteiger partial charge in [-0.05, 0) is 47.9 Å². The third-order valence-corrected chi connectivity index (χ3v) is 5.85. The maximum atomic E-state index is 12.5. The smallest absolute Gasteiger partial charge is 0.346 e. The van der Waals surface area contributed by atoms with Gasteiger partial charge in [0.25, 0.3) is 0 Å². The van der Waals surface area contributed by atoms with Crippen LogP contribution in [-0.4, -0.2) is 17.7 Å². The predicted molar refractivity (Wildman–Crippen MR) is 149 cm³/mol. The van der Waals surface area contributed by atoms with Crippen molar-refractivity contribution in [2.24, 2.45) is 0 Å². The van der Waals surface area contributed by atoms with E-state index in [1.165, 1.54) is 0 Å². The first kappa shape index (κ1) is 26.0. The molecule has 5 aromatic carbocycles. The standard InChI is InChI=1S/C20H16O.C14H10O3/c1-15-7-5-6-10-19(15)20(21)18-13-11-17(12-14-18)16-8-3-2-4-9-16;15-13(11-7-3-1-4-8-11)17-14(16)12-9-5-2-6-10-12/h2-14H,1H3;1-10H. The molecular weight excluding hydrogens is 472 g/mol. The lowest BCUT2D eigenvalue weighted by Gasteiger charge is -2.06. The lowest BCUT2D eigenvalue weighted by molar-refractivity contribution is 0.0397. The number of aryl methyl sites for hydroxylation is 1. The van der Waals surface area contributed by atoms with Crippen molar-refractivity contribution in [3.63, 3.8) is 0 Å². The van der Waals surface area contributed by atoms with Gasteiger partial charge in [0, 0.05) is 11.1 Å². The van der Waals surface area contributed by atoms with E-state index in [1.54, 1.807) is 60.7 Å². The normalized spacial score (nSPS) is 10.0. The second-order valence-corrected chi connectivity index (χ2v) is 8.50. The van der Waals surface area contributed by atoms with Crippen LogP contribution in [0.5, 0.6) is 0 Å². The van der Waals surface area contributed by atoms with E-state index >= 15 is 0 Å². The van der Waals surface area contributed by atoms with Crippen LogP contribution in [0.15, 0.2) is 140 Å². The minimum atomic E-state index is -0.639. The predicted octanol–water partition coefficient (Wildman–Crippen LogP) is 7.58. The average Bonchev–Trinajstić information content (AvgIpc) is 2.99. The van der Waals surface area contributed by atoms with Gasteiger partial charge in [0.05, 0.1) is 11.1 Å². The van der Waals surface area contributed by atoms with Crippen molar-refractivity contribution in [2.75, 3.05) is 0 Å². The van der Waals surface area contributed by atoms with Crippen molar-refractivity contribution in [3.05, 3.63) is 167 Å². The summed E-state index contributed by atoms with van der Waals surface area (Å²) in [5.74, 6) is -1.20. The molecular formula is C34H26O4. The molecule has 0 aliphatic rings. The molecule has 5 aromatic rings. The third kappa shape index (κ3) is 6.77. The van der Waals surface area contributed by atoms with Crippen LogP contribution in [0.2, 0.25) is 0 Å². The number of hydrogen-bond donors (Lipinski definition) is 0. The molecule has 0 N–H and O–H groups in total. The molecule has 4 heteroatoms. The second-order valence-electron chi connectivity index (χ2n) is 8.50. The third-order valence-electron chi connectivity index (χ3n) is 5.85. The molecule has 5 rings (SSSR count). The van der Waals surface area contributed by atoms with Crippen LogP contribution in [0, 0.1) is 6.92 Å². The maximum absolute atomic E-state index is 12.5. The lowest BCUT2D eigenvalue weighted by Crippen LogP contribution is -2.12. The van der Waals surface area contributed by atoms with E-state index in [2.05, 4.69) is 12.1 Å². The Morgan fingerprint density at radius 3 is 1.37 bits per heavy atom. The quantitative estimate of drug-likeness (QED) is 0.142. The summed E-state index contributed by atoms with van der Waals surface area (Å²) in [6.45, 7) is 1.96. The fraction of sp³-hybridized carbons (Fsp3) is 0.0294. The number of ether oxygens (including phenoxy) is 1. The summed E-state index contributed by atoms with van der Waals surface area (Å²) in [5, 5.41) is 0. The van der Waals surface area contributed by atoms with Crippen LogP contribution in [0.25, 0.3) is 11.1 Å². The Kier molecular flexibility index (Phi) is 8.72. The lowest BCUT2D eigenvalue weighted by atomic mass is 9.97. The van der Waals surface area contributed by atoms with Crippen LogP contribution in [0.3, 0.4) is 0 Å². The Bertz CT molecular complexity index is 1460. The van der Waals surface area contributed by atoms with Gasteiger partial charge >= 0.3 is 11.9 Å². The zero-order valence-electron chi connectivity index (χ0n) is 20.9. The molecule has 0 radical (unpaired) electrons. The minimum Gasteiger partial charge on any atom is -0.386 e. The largest absolute Gasteiger partial charge is 0.386 e. The molecule has 0 aliphatic heterocycles. The molecule has 0 saturated carbocycles. The van der Waals surface area contributed by atoms with E-state index < -0.39 is 11.9 Å². The van der Waals surface area contributed by atoms with Gasteiger partial charge in [-0.1, -0.05) is 115 Å². The second kappa shape index (κ2) is 12.7. The maximum Gasteiger partial charge on any atom is 0.346 e. The highest BCUT2D eigenvalue weighted by Crippen LogP contribution is 2.21. The number of ketones is 1. The average molecular weight is 499 g/mol. The topological polar surface area (TPSA) is 60.4 Å². The van der Waals surface area contributed by atoms with E-state index in [0.717, 1.165) is 27.8 Å². The SMILES string of the molecule is Cc1ccccc1C(=O)c1ccc(-c2ccccc2)cc1.O=C(OC(=O)c1ccccc1)c1ccccc1. The molecule has 0 unspecified atom stereocenters. The van der Waals surface area contributed by atoms with Crippen LogP contribution in [0.4, 0.5) is 0 Å². The van der Waals surface area contributed by atoms with Crippen molar-refractivity contribution < 1.29 is 19.1 Å². The first-order valence-electron chi connectivity index (χ1n) is 12.2. The first-order chi connectivity index (χ1) is 18.5. The molecule has 0 amide bonds. The molecule has 0 heterocycles. The van der Waals surface area contributed by atoms with Crippen LogP contribution in [0.1, 0.15) is 42.2 Å². The number of carbonyl (C=O) groups is 3. The number of hydrogen-bond acceptors (Lipinski definition) is 4. The van der Waals surface area contributed by atoms with Crippen LogP contribution >= 0.6 is 0 Å². The summed E-state index contributed by atoms with van der Waals surface area (Å²) in [6.07, 6.45) is 0. The Labute approximate surface area is 222 Å². The van der Waals surface area contributed by atoms with Gasteiger partial charge in [-0.25, -0.2) is 9.59 Å².